The second kappa shape index (κ2) is 6.69. The molecule has 6 heteroatoms. The number of carbonyl (C=O) groups is 1. The van der Waals surface area contributed by atoms with Gasteiger partial charge in [0.05, 0.1) is 11.6 Å². The van der Waals surface area contributed by atoms with E-state index in [0.717, 1.165) is 16.5 Å². The smallest absolute Gasteiger partial charge is 0.202 e. The van der Waals surface area contributed by atoms with Gasteiger partial charge in [-0.2, -0.15) is 5.26 Å². The fourth-order valence-corrected chi connectivity index (χ4v) is 3.30. The van der Waals surface area contributed by atoms with Crippen molar-refractivity contribution in [3.05, 3.63) is 64.4 Å². The number of benzene rings is 1. The van der Waals surface area contributed by atoms with E-state index in [-0.39, 0.29) is 12.4 Å². The van der Waals surface area contributed by atoms with E-state index in [1.165, 1.54) is 11.3 Å². The maximum Gasteiger partial charge on any atom is 0.202 e. The number of hydrogen-bond acceptors (Lipinski definition) is 5. The van der Waals surface area contributed by atoms with Gasteiger partial charge in [0.25, 0.3) is 0 Å². The van der Waals surface area contributed by atoms with Crippen LogP contribution in [-0.2, 0) is 0 Å². The lowest BCUT2D eigenvalue weighted by molar-refractivity contribution is 0.0921. The molecule has 3 aromatic rings. The number of thiazole rings is 1. The molecule has 2 heterocycles. The van der Waals surface area contributed by atoms with Gasteiger partial charge < -0.3 is 4.74 Å². The molecule has 1 aromatic carbocycles. The Bertz CT molecular complexity index is 920. The maximum absolute atomic E-state index is 12.5. The van der Waals surface area contributed by atoms with Crippen LogP contribution in [0.2, 0.25) is 0 Å². The summed E-state index contributed by atoms with van der Waals surface area (Å²) in [4.78, 5) is 16.8. The molecule has 0 aliphatic carbocycles. The number of rotatable bonds is 5. The molecule has 0 saturated carbocycles. The van der Waals surface area contributed by atoms with Crippen LogP contribution in [0.5, 0.6) is 5.75 Å². The Hall–Kier alpha value is -2.91. The zero-order valence-electron chi connectivity index (χ0n) is 13.3. The van der Waals surface area contributed by atoms with Crippen molar-refractivity contribution in [2.24, 2.45) is 0 Å². The highest BCUT2D eigenvalue weighted by molar-refractivity contribution is 7.12. The summed E-state index contributed by atoms with van der Waals surface area (Å²) in [6, 6.07) is 10.7. The predicted molar refractivity (Wildman–Crippen MR) is 91.9 cm³/mol. The van der Waals surface area contributed by atoms with Crippen LogP contribution in [0.3, 0.4) is 0 Å². The van der Waals surface area contributed by atoms with Crippen LogP contribution < -0.4 is 4.74 Å². The van der Waals surface area contributed by atoms with E-state index >= 15 is 0 Å². The summed E-state index contributed by atoms with van der Waals surface area (Å²) in [6.07, 6.45) is 1.74. The molecule has 0 spiro atoms. The SMILES string of the molecule is Cc1cc(C(=O)COc2cccc(C#N)c2)c(C)n1-c1nccs1. The normalized spacial score (nSPS) is 10.4. The first-order valence-corrected chi connectivity index (χ1v) is 8.23. The van der Waals surface area contributed by atoms with Crippen LogP contribution in [0.1, 0.15) is 27.3 Å². The molecule has 120 valence electrons. The summed E-state index contributed by atoms with van der Waals surface area (Å²) in [7, 11) is 0. The molecule has 0 atom stereocenters. The minimum absolute atomic E-state index is 0.0724. The molecule has 24 heavy (non-hydrogen) atoms. The van der Waals surface area contributed by atoms with Gasteiger partial charge in [0.2, 0.25) is 5.78 Å². The highest BCUT2D eigenvalue weighted by Gasteiger charge is 2.18. The number of ether oxygens (including phenoxy) is 1. The van der Waals surface area contributed by atoms with E-state index in [2.05, 4.69) is 4.98 Å². The number of ketones is 1. The highest BCUT2D eigenvalue weighted by atomic mass is 32.1. The molecule has 0 N–H and O–H groups in total. The van der Waals surface area contributed by atoms with Crippen molar-refractivity contribution in [3.63, 3.8) is 0 Å². The van der Waals surface area contributed by atoms with Crippen molar-refractivity contribution in [1.82, 2.24) is 9.55 Å². The fourth-order valence-electron chi connectivity index (χ4n) is 2.55. The lowest BCUT2D eigenvalue weighted by atomic mass is 10.1. The van der Waals surface area contributed by atoms with E-state index < -0.39 is 0 Å². The third kappa shape index (κ3) is 3.07. The number of hydrogen-bond donors (Lipinski definition) is 0. The van der Waals surface area contributed by atoms with Crippen molar-refractivity contribution in [3.8, 4) is 17.0 Å². The van der Waals surface area contributed by atoms with Crippen LogP contribution in [0.15, 0.2) is 41.9 Å². The van der Waals surface area contributed by atoms with E-state index in [4.69, 9.17) is 10.00 Å². The van der Waals surface area contributed by atoms with Crippen molar-refractivity contribution in [1.29, 1.82) is 5.26 Å². The number of carbonyl (C=O) groups excluding carboxylic acids is 1. The Kier molecular flexibility index (Phi) is 4.45. The zero-order chi connectivity index (χ0) is 17.1. The van der Waals surface area contributed by atoms with Crippen molar-refractivity contribution in [2.75, 3.05) is 6.61 Å². The van der Waals surface area contributed by atoms with Gasteiger partial charge in [0, 0.05) is 28.5 Å². The third-order valence-corrected chi connectivity index (χ3v) is 4.43. The highest BCUT2D eigenvalue weighted by Crippen LogP contribution is 2.23. The Morgan fingerprint density at radius 1 is 1.38 bits per heavy atom. The van der Waals surface area contributed by atoms with Gasteiger partial charge >= 0.3 is 0 Å². The van der Waals surface area contributed by atoms with Gasteiger partial charge in [-0.1, -0.05) is 6.07 Å². The second-order valence-corrected chi connectivity index (χ2v) is 6.16. The summed E-state index contributed by atoms with van der Waals surface area (Å²) in [5.41, 5.74) is 2.93. The molecular formula is C18H15N3O2S. The molecule has 0 fully saturated rings. The van der Waals surface area contributed by atoms with Gasteiger partial charge in [-0.15, -0.1) is 11.3 Å². The third-order valence-electron chi connectivity index (χ3n) is 3.68. The van der Waals surface area contributed by atoms with Crippen molar-refractivity contribution < 1.29 is 9.53 Å². The average molecular weight is 337 g/mol. The number of nitrogens with zero attached hydrogens (tertiary/aromatic N) is 3. The Labute approximate surface area is 143 Å². The van der Waals surface area contributed by atoms with E-state index in [0.29, 0.717) is 16.9 Å². The van der Waals surface area contributed by atoms with Gasteiger partial charge in [0.15, 0.2) is 11.7 Å². The standard InChI is InChI=1S/C18H15N3O2S/c1-12-8-16(13(2)21(12)18-20-6-7-24-18)17(22)11-23-15-5-3-4-14(9-15)10-19/h3-9H,11H2,1-2H3. The van der Waals surface area contributed by atoms with Crippen LogP contribution in [0.4, 0.5) is 0 Å². The lowest BCUT2D eigenvalue weighted by Gasteiger charge is -2.07. The molecule has 0 aliphatic heterocycles. The lowest BCUT2D eigenvalue weighted by Crippen LogP contribution is -2.12. The Morgan fingerprint density at radius 2 is 2.21 bits per heavy atom. The molecule has 0 saturated heterocycles. The van der Waals surface area contributed by atoms with Gasteiger partial charge in [-0.3, -0.25) is 9.36 Å². The van der Waals surface area contributed by atoms with Crippen LogP contribution in [0, 0.1) is 25.2 Å². The first-order valence-electron chi connectivity index (χ1n) is 7.35. The largest absolute Gasteiger partial charge is 0.485 e. The first-order chi connectivity index (χ1) is 11.6. The second-order valence-electron chi connectivity index (χ2n) is 5.29. The average Bonchev–Trinajstić information content (AvgIpc) is 3.20. The van der Waals surface area contributed by atoms with Crippen molar-refractivity contribution in [2.45, 2.75) is 13.8 Å². The minimum Gasteiger partial charge on any atom is -0.485 e. The first kappa shape index (κ1) is 16.0. The molecular weight excluding hydrogens is 322 g/mol. The molecule has 2 aromatic heterocycles. The van der Waals surface area contributed by atoms with E-state index in [1.54, 1.807) is 30.5 Å². The van der Waals surface area contributed by atoms with E-state index in [1.807, 2.05) is 35.9 Å². The van der Waals surface area contributed by atoms with Crippen molar-refractivity contribution >= 4 is 17.1 Å². The van der Waals surface area contributed by atoms with Gasteiger partial charge in [-0.05, 0) is 38.1 Å². The molecule has 0 amide bonds. The molecule has 0 radical (unpaired) electrons. The molecule has 3 rings (SSSR count). The Balaban J connectivity index is 1.79. The maximum atomic E-state index is 12.5. The van der Waals surface area contributed by atoms with Crippen LogP contribution in [-0.4, -0.2) is 21.9 Å². The monoisotopic (exact) mass is 337 g/mol. The number of Topliss-reactive ketones (excluding diaryl/α,β-unsaturated/α-hetero) is 1. The number of nitriles is 1. The predicted octanol–water partition coefficient (Wildman–Crippen LogP) is 3.68. The summed E-state index contributed by atoms with van der Waals surface area (Å²) in [6.45, 7) is 3.78. The van der Waals surface area contributed by atoms with Crippen LogP contribution >= 0.6 is 11.3 Å². The molecule has 0 aliphatic rings. The summed E-state index contributed by atoms with van der Waals surface area (Å²) in [5.74, 6) is 0.407. The van der Waals surface area contributed by atoms with Gasteiger partial charge in [-0.25, -0.2) is 4.98 Å². The van der Waals surface area contributed by atoms with Crippen LogP contribution in [0.25, 0.3) is 5.13 Å². The van der Waals surface area contributed by atoms with E-state index in [9.17, 15) is 4.79 Å². The topological polar surface area (TPSA) is 67.9 Å². The van der Waals surface area contributed by atoms with Gasteiger partial charge in [0.1, 0.15) is 5.75 Å². The molecule has 5 nitrogen and oxygen atoms in total. The molecule has 0 bridgehead atoms. The summed E-state index contributed by atoms with van der Waals surface area (Å²) < 4.78 is 7.50. The molecule has 0 unspecified atom stereocenters. The fraction of sp³-hybridized carbons (Fsp3) is 0.167. The minimum atomic E-state index is -0.103. The summed E-state index contributed by atoms with van der Waals surface area (Å²) in [5, 5.41) is 11.6. The quantitative estimate of drug-likeness (QED) is 0.666. The number of aromatic nitrogens is 2. The number of aryl methyl sites for hydroxylation is 1. The Morgan fingerprint density at radius 3 is 2.92 bits per heavy atom. The summed E-state index contributed by atoms with van der Waals surface area (Å²) >= 11 is 1.52. The zero-order valence-corrected chi connectivity index (χ0v) is 14.1.